The first-order valence-corrected chi connectivity index (χ1v) is 4.98. The normalized spacial score (nSPS) is 14.6. The highest BCUT2D eigenvalue weighted by Crippen LogP contribution is 2.19. The maximum atomic E-state index is 10.4. The Labute approximate surface area is 92.6 Å². The van der Waals surface area contributed by atoms with Gasteiger partial charge in [0.2, 0.25) is 0 Å². The molecule has 82 valence electrons. The molecule has 0 fully saturated rings. The van der Waals surface area contributed by atoms with E-state index in [9.17, 15) is 9.90 Å². The Balaban J connectivity index is 2.90. The lowest BCUT2D eigenvalue weighted by molar-refractivity contribution is -0.153. The van der Waals surface area contributed by atoms with E-state index >= 15 is 0 Å². The Hall–Kier alpha value is -1.04. The maximum Gasteiger partial charge on any atom is 0.335 e. The van der Waals surface area contributed by atoms with Gasteiger partial charge in [-0.05, 0) is 11.1 Å². The predicted molar refractivity (Wildman–Crippen MR) is 57.7 cm³/mol. The van der Waals surface area contributed by atoms with Gasteiger partial charge in [0.05, 0.1) is 0 Å². The van der Waals surface area contributed by atoms with Crippen molar-refractivity contribution in [3.63, 3.8) is 0 Å². The average Bonchev–Trinajstić information content (AvgIpc) is 2.27. The Bertz CT molecular complexity index is 353. The number of benzene rings is 1. The van der Waals surface area contributed by atoms with E-state index in [4.69, 9.17) is 10.2 Å². The second kappa shape index (κ2) is 5.16. The summed E-state index contributed by atoms with van der Waals surface area (Å²) in [6.07, 6.45) is -3.22. The topological polar surface area (TPSA) is 77.8 Å². The van der Waals surface area contributed by atoms with Gasteiger partial charge >= 0.3 is 5.97 Å². The summed E-state index contributed by atoms with van der Waals surface area (Å²) in [4.78, 5) is 10.4. The zero-order valence-corrected chi connectivity index (χ0v) is 8.76. The third-order valence-corrected chi connectivity index (χ3v) is 2.39. The molecule has 2 atom stereocenters. The molecule has 0 saturated heterocycles. The van der Waals surface area contributed by atoms with E-state index in [1.54, 1.807) is 24.3 Å². The molecular formula is C10H12O4S. The van der Waals surface area contributed by atoms with Crippen molar-refractivity contribution in [2.45, 2.75) is 18.0 Å². The number of carboxylic acid groups (broad SMARTS) is 1. The second-order valence-electron chi connectivity index (χ2n) is 3.13. The molecule has 15 heavy (non-hydrogen) atoms. The molecule has 5 heteroatoms. The van der Waals surface area contributed by atoms with Gasteiger partial charge in [-0.1, -0.05) is 24.3 Å². The molecule has 0 heterocycles. The Kier molecular flexibility index (Phi) is 4.14. The number of carboxylic acids is 1. The first kappa shape index (κ1) is 12.0. The van der Waals surface area contributed by atoms with Crippen molar-refractivity contribution < 1.29 is 20.1 Å². The zero-order valence-electron chi connectivity index (χ0n) is 7.87. The van der Waals surface area contributed by atoms with Gasteiger partial charge in [-0.15, -0.1) is 0 Å². The number of aliphatic hydroxyl groups is 2. The van der Waals surface area contributed by atoms with Crippen LogP contribution >= 0.6 is 12.6 Å². The number of thiol groups is 1. The van der Waals surface area contributed by atoms with E-state index in [2.05, 4.69) is 12.6 Å². The molecule has 1 aromatic rings. The summed E-state index contributed by atoms with van der Waals surface area (Å²) in [6, 6.07) is 6.66. The summed E-state index contributed by atoms with van der Waals surface area (Å²) in [7, 11) is 0. The Morgan fingerprint density at radius 3 is 2.60 bits per heavy atom. The summed E-state index contributed by atoms with van der Waals surface area (Å²) < 4.78 is 0. The number of carbonyl (C=O) groups is 1. The van der Waals surface area contributed by atoms with Crippen LogP contribution in [0.25, 0.3) is 0 Å². The molecule has 0 radical (unpaired) electrons. The number of hydrogen-bond donors (Lipinski definition) is 4. The predicted octanol–water partition coefficient (Wildman–Crippen LogP) is 0.595. The molecule has 4 nitrogen and oxygen atoms in total. The Morgan fingerprint density at radius 2 is 2.07 bits per heavy atom. The van der Waals surface area contributed by atoms with E-state index in [1.807, 2.05) is 0 Å². The molecule has 3 N–H and O–H groups in total. The molecule has 0 aliphatic carbocycles. The highest BCUT2D eigenvalue weighted by Gasteiger charge is 2.24. The smallest absolute Gasteiger partial charge is 0.335 e. The summed E-state index contributed by atoms with van der Waals surface area (Å²) in [6.45, 7) is 0. The number of rotatable bonds is 4. The molecule has 0 aliphatic rings. The minimum Gasteiger partial charge on any atom is -0.479 e. The summed E-state index contributed by atoms with van der Waals surface area (Å²) in [5.41, 5.74) is 1.23. The van der Waals surface area contributed by atoms with Crippen molar-refractivity contribution in [2.24, 2.45) is 0 Å². The maximum absolute atomic E-state index is 10.4. The fourth-order valence-electron chi connectivity index (χ4n) is 1.19. The largest absolute Gasteiger partial charge is 0.479 e. The van der Waals surface area contributed by atoms with Crippen molar-refractivity contribution >= 4 is 18.6 Å². The van der Waals surface area contributed by atoms with Crippen LogP contribution in [0, 0.1) is 0 Å². The van der Waals surface area contributed by atoms with Gasteiger partial charge in [0.1, 0.15) is 6.10 Å². The highest BCUT2D eigenvalue weighted by atomic mass is 32.1. The van der Waals surface area contributed by atoms with Crippen molar-refractivity contribution in [3.8, 4) is 0 Å². The molecule has 1 rings (SSSR count). The van der Waals surface area contributed by atoms with Gasteiger partial charge in [-0.2, -0.15) is 12.6 Å². The first-order valence-electron chi connectivity index (χ1n) is 4.35. The molecule has 0 spiro atoms. The van der Waals surface area contributed by atoms with Crippen molar-refractivity contribution in [2.75, 3.05) is 0 Å². The van der Waals surface area contributed by atoms with E-state index in [-0.39, 0.29) is 0 Å². The van der Waals surface area contributed by atoms with Gasteiger partial charge in [-0.25, -0.2) is 4.79 Å². The van der Waals surface area contributed by atoms with Crippen LogP contribution in [0.2, 0.25) is 0 Å². The number of aliphatic carboxylic acids is 1. The summed E-state index contributed by atoms with van der Waals surface area (Å²) in [5, 5.41) is 27.2. The lowest BCUT2D eigenvalue weighted by Crippen LogP contribution is -2.27. The molecule has 1 aromatic carbocycles. The summed E-state index contributed by atoms with van der Waals surface area (Å²) >= 11 is 4.06. The third kappa shape index (κ3) is 2.95. The van der Waals surface area contributed by atoms with Crippen molar-refractivity contribution in [1.29, 1.82) is 0 Å². The van der Waals surface area contributed by atoms with Crippen LogP contribution in [0.15, 0.2) is 24.3 Å². The van der Waals surface area contributed by atoms with Crippen LogP contribution in [0.5, 0.6) is 0 Å². The second-order valence-corrected chi connectivity index (χ2v) is 3.45. The number of hydrogen-bond acceptors (Lipinski definition) is 4. The molecule has 0 amide bonds. The lowest BCUT2D eigenvalue weighted by Gasteiger charge is -2.14. The van der Waals surface area contributed by atoms with Gasteiger partial charge < -0.3 is 15.3 Å². The van der Waals surface area contributed by atoms with Crippen LogP contribution in [0.1, 0.15) is 17.2 Å². The third-order valence-electron chi connectivity index (χ3n) is 2.03. The molecule has 2 unspecified atom stereocenters. The average molecular weight is 228 g/mol. The molecule has 0 aromatic heterocycles. The first-order chi connectivity index (χ1) is 7.06. The molecule has 0 aliphatic heterocycles. The Morgan fingerprint density at radius 1 is 1.40 bits per heavy atom. The van der Waals surface area contributed by atoms with E-state index in [0.29, 0.717) is 11.3 Å². The quantitative estimate of drug-likeness (QED) is 0.569. The van der Waals surface area contributed by atoms with Crippen LogP contribution in [-0.2, 0) is 10.5 Å². The standard InChI is InChI=1S/C10H12O4S/c11-8(9(12)10(13)14)7-3-1-2-6(4-7)5-15/h1-4,8-9,11-12,15H,5H2,(H,13,14). The van der Waals surface area contributed by atoms with Crippen LogP contribution in [0.3, 0.4) is 0 Å². The number of aliphatic hydroxyl groups excluding tert-OH is 2. The molecule has 0 saturated carbocycles. The lowest BCUT2D eigenvalue weighted by atomic mass is 10.0. The minimum absolute atomic E-state index is 0.372. The zero-order chi connectivity index (χ0) is 11.4. The van der Waals surface area contributed by atoms with Crippen molar-refractivity contribution in [3.05, 3.63) is 35.4 Å². The van der Waals surface area contributed by atoms with Crippen molar-refractivity contribution in [1.82, 2.24) is 0 Å². The minimum atomic E-state index is -1.81. The van der Waals surface area contributed by atoms with E-state index in [1.165, 1.54) is 0 Å². The fourth-order valence-corrected chi connectivity index (χ4v) is 1.39. The van der Waals surface area contributed by atoms with Gasteiger partial charge in [0, 0.05) is 5.75 Å². The van der Waals surface area contributed by atoms with Crippen LogP contribution < -0.4 is 0 Å². The van der Waals surface area contributed by atoms with Gasteiger partial charge in [0.25, 0.3) is 0 Å². The monoisotopic (exact) mass is 228 g/mol. The van der Waals surface area contributed by atoms with Crippen LogP contribution in [-0.4, -0.2) is 27.4 Å². The molecular weight excluding hydrogens is 216 g/mol. The fraction of sp³-hybridized carbons (Fsp3) is 0.300. The SMILES string of the molecule is O=C(O)C(O)C(O)c1cccc(CS)c1. The van der Waals surface area contributed by atoms with Gasteiger partial charge in [-0.3, -0.25) is 0 Å². The molecule has 0 bridgehead atoms. The summed E-state index contributed by atoms with van der Waals surface area (Å²) in [5.74, 6) is -0.956. The van der Waals surface area contributed by atoms with E-state index < -0.39 is 18.2 Å². The van der Waals surface area contributed by atoms with Gasteiger partial charge in [0.15, 0.2) is 6.10 Å². The highest BCUT2D eigenvalue weighted by molar-refractivity contribution is 7.79. The van der Waals surface area contributed by atoms with Crippen LogP contribution in [0.4, 0.5) is 0 Å². The van der Waals surface area contributed by atoms with E-state index in [0.717, 1.165) is 5.56 Å².